The van der Waals surface area contributed by atoms with Crippen LogP contribution in [0.15, 0.2) is 36.0 Å². The van der Waals surface area contributed by atoms with Gasteiger partial charge in [-0.3, -0.25) is 9.69 Å². The van der Waals surface area contributed by atoms with Crippen molar-refractivity contribution in [3.8, 4) is 0 Å². The number of hydrogen-bond donors (Lipinski definition) is 0. The van der Waals surface area contributed by atoms with E-state index in [-0.39, 0.29) is 11.3 Å². The zero-order chi connectivity index (χ0) is 13.7. The van der Waals surface area contributed by atoms with Crippen LogP contribution in [0.4, 0.5) is 5.69 Å². The standard InChI is InChI=1S/C18H21NO/c1-13(20)19-16-10-3-2-9-15(16)18-12-5-4-7-14(18)8-6-11-17(18)19/h2-3,9-11,14H,4-8,12H2,1H3/t14-,18-/m0/s1. The lowest BCUT2D eigenvalue weighted by molar-refractivity contribution is -0.116. The number of carbonyl (C=O) groups excluding carboxylic acids is 1. The van der Waals surface area contributed by atoms with Crippen molar-refractivity contribution in [1.82, 2.24) is 0 Å². The molecule has 0 saturated heterocycles. The van der Waals surface area contributed by atoms with Crippen LogP contribution < -0.4 is 4.90 Å². The van der Waals surface area contributed by atoms with Crippen LogP contribution >= 0.6 is 0 Å². The lowest BCUT2D eigenvalue weighted by atomic mass is 9.58. The van der Waals surface area contributed by atoms with Crippen LogP contribution in [-0.4, -0.2) is 5.91 Å². The minimum atomic E-state index is 0.138. The van der Waals surface area contributed by atoms with Gasteiger partial charge in [0.25, 0.3) is 0 Å². The van der Waals surface area contributed by atoms with E-state index in [4.69, 9.17) is 0 Å². The zero-order valence-electron chi connectivity index (χ0n) is 12.1. The number of hydrogen-bond acceptors (Lipinski definition) is 1. The number of amides is 1. The summed E-state index contributed by atoms with van der Waals surface area (Å²) < 4.78 is 0. The molecule has 1 aromatic carbocycles. The van der Waals surface area contributed by atoms with Crippen LogP contribution in [0, 0.1) is 5.92 Å². The van der Waals surface area contributed by atoms with Crippen LogP contribution in [0.2, 0.25) is 0 Å². The summed E-state index contributed by atoms with van der Waals surface area (Å²) in [5.41, 5.74) is 3.98. The van der Waals surface area contributed by atoms with E-state index in [9.17, 15) is 4.79 Å². The first-order valence-electron chi connectivity index (χ1n) is 7.86. The SMILES string of the molecule is CC(=O)N1C2=CCC[C@@H]3CCCC[C@]23c2ccccc21. The van der Waals surface area contributed by atoms with Crippen molar-refractivity contribution in [2.24, 2.45) is 5.92 Å². The van der Waals surface area contributed by atoms with Gasteiger partial charge in [-0.1, -0.05) is 37.1 Å². The van der Waals surface area contributed by atoms with Gasteiger partial charge in [0, 0.05) is 18.0 Å². The molecule has 0 N–H and O–H groups in total. The van der Waals surface area contributed by atoms with Crippen LogP contribution in [0.3, 0.4) is 0 Å². The summed E-state index contributed by atoms with van der Waals surface area (Å²) >= 11 is 0. The maximum absolute atomic E-state index is 12.2. The predicted octanol–water partition coefficient (Wildman–Crippen LogP) is 4.16. The molecule has 1 heterocycles. The molecular formula is C18H21NO. The molecule has 1 saturated carbocycles. The topological polar surface area (TPSA) is 20.3 Å². The second-order valence-electron chi connectivity index (χ2n) is 6.45. The Morgan fingerprint density at radius 1 is 1.25 bits per heavy atom. The lowest BCUT2D eigenvalue weighted by Gasteiger charge is -2.46. The average molecular weight is 267 g/mol. The van der Waals surface area contributed by atoms with Gasteiger partial charge in [-0.25, -0.2) is 0 Å². The third kappa shape index (κ3) is 1.37. The summed E-state index contributed by atoms with van der Waals surface area (Å²) in [7, 11) is 0. The Kier molecular flexibility index (Phi) is 2.57. The van der Waals surface area contributed by atoms with Gasteiger partial charge in [0.2, 0.25) is 5.91 Å². The van der Waals surface area contributed by atoms with Crippen molar-refractivity contribution in [2.45, 2.75) is 50.9 Å². The van der Waals surface area contributed by atoms with Crippen molar-refractivity contribution in [1.29, 1.82) is 0 Å². The average Bonchev–Trinajstić information content (AvgIpc) is 2.76. The number of fused-ring (bicyclic) bond motifs is 1. The van der Waals surface area contributed by atoms with Crippen molar-refractivity contribution in [3.05, 3.63) is 41.6 Å². The van der Waals surface area contributed by atoms with E-state index in [2.05, 4.69) is 30.3 Å². The van der Waals surface area contributed by atoms with Crippen molar-refractivity contribution in [2.75, 3.05) is 4.90 Å². The van der Waals surface area contributed by atoms with Gasteiger partial charge in [-0.15, -0.1) is 0 Å². The molecule has 1 spiro atoms. The fourth-order valence-electron chi connectivity index (χ4n) is 4.87. The number of anilines is 1. The van der Waals surface area contributed by atoms with Gasteiger partial charge in [0.15, 0.2) is 0 Å². The predicted molar refractivity (Wildman–Crippen MR) is 80.6 cm³/mol. The third-order valence-corrected chi connectivity index (χ3v) is 5.56. The minimum Gasteiger partial charge on any atom is -0.284 e. The molecule has 2 heteroatoms. The van der Waals surface area contributed by atoms with E-state index in [1.165, 1.54) is 43.4 Å². The number of nitrogens with zero attached hydrogens (tertiary/aromatic N) is 1. The molecule has 2 atom stereocenters. The second-order valence-corrected chi connectivity index (χ2v) is 6.45. The highest BCUT2D eigenvalue weighted by atomic mass is 16.2. The highest BCUT2D eigenvalue weighted by Gasteiger charge is 2.54. The molecule has 0 aromatic heterocycles. The second kappa shape index (κ2) is 4.21. The van der Waals surface area contributed by atoms with Crippen molar-refractivity contribution < 1.29 is 4.79 Å². The minimum absolute atomic E-state index is 0.138. The Morgan fingerprint density at radius 2 is 2.10 bits per heavy atom. The molecule has 0 unspecified atom stereocenters. The Bertz CT molecular complexity index is 603. The smallest absolute Gasteiger partial charge is 0.228 e. The Hall–Kier alpha value is -1.57. The van der Waals surface area contributed by atoms with Gasteiger partial charge in [-0.05, 0) is 43.2 Å². The maximum atomic E-state index is 12.2. The first-order chi connectivity index (χ1) is 9.75. The molecule has 2 nitrogen and oxygen atoms in total. The van der Waals surface area contributed by atoms with E-state index < -0.39 is 0 Å². The van der Waals surface area contributed by atoms with Gasteiger partial charge < -0.3 is 0 Å². The normalized spacial score (nSPS) is 31.1. The van der Waals surface area contributed by atoms with Gasteiger partial charge >= 0.3 is 0 Å². The van der Waals surface area contributed by atoms with Crippen LogP contribution in [-0.2, 0) is 10.2 Å². The molecule has 3 aliphatic rings. The highest BCUT2D eigenvalue weighted by Crippen LogP contribution is 2.60. The molecule has 20 heavy (non-hydrogen) atoms. The van der Waals surface area contributed by atoms with Crippen molar-refractivity contribution >= 4 is 11.6 Å². The number of benzene rings is 1. The number of rotatable bonds is 0. The van der Waals surface area contributed by atoms with E-state index in [1.807, 2.05) is 4.90 Å². The number of para-hydroxylation sites is 1. The Labute approximate surface area is 120 Å². The molecular weight excluding hydrogens is 246 g/mol. The van der Waals surface area contributed by atoms with Crippen molar-refractivity contribution in [3.63, 3.8) is 0 Å². The van der Waals surface area contributed by atoms with E-state index in [1.54, 1.807) is 6.92 Å². The Morgan fingerprint density at radius 3 is 2.95 bits per heavy atom. The van der Waals surface area contributed by atoms with E-state index in [0.29, 0.717) is 0 Å². The summed E-state index contributed by atoms with van der Waals surface area (Å²) in [6.45, 7) is 1.70. The first-order valence-corrected chi connectivity index (χ1v) is 7.86. The zero-order valence-corrected chi connectivity index (χ0v) is 12.1. The van der Waals surface area contributed by atoms with E-state index >= 15 is 0 Å². The molecule has 1 fully saturated rings. The molecule has 4 rings (SSSR count). The summed E-state index contributed by atoms with van der Waals surface area (Å²) in [6, 6.07) is 8.57. The number of allylic oxidation sites excluding steroid dienone is 2. The monoisotopic (exact) mass is 267 g/mol. The fraction of sp³-hybridized carbons (Fsp3) is 0.500. The molecule has 104 valence electrons. The molecule has 1 aromatic rings. The highest BCUT2D eigenvalue weighted by molar-refractivity contribution is 5.99. The molecule has 2 aliphatic carbocycles. The quantitative estimate of drug-likeness (QED) is 0.691. The third-order valence-electron chi connectivity index (χ3n) is 5.56. The van der Waals surface area contributed by atoms with Crippen LogP contribution in [0.1, 0.15) is 51.0 Å². The summed E-state index contributed by atoms with van der Waals surface area (Å²) in [5.74, 6) is 0.883. The Balaban J connectivity index is 1.99. The molecule has 1 amide bonds. The lowest BCUT2D eigenvalue weighted by Crippen LogP contribution is -2.43. The van der Waals surface area contributed by atoms with Crippen LogP contribution in [0.5, 0.6) is 0 Å². The van der Waals surface area contributed by atoms with Crippen LogP contribution in [0.25, 0.3) is 0 Å². The summed E-state index contributed by atoms with van der Waals surface area (Å²) in [6.07, 6.45) is 9.91. The van der Waals surface area contributed by atoms with E-state index in [0.717, 1.165) is 18.0 Å². The number of carbonyl (C=O) groups is 1. The van der Waals surface area contributed by atoms with Gasteiger partial charge in [0.05, 0.1) is 5.69 Å². The summed E-state index contributed by atoms with van der Waals surface area (Å²) in [5, 5.41) is 0. The maximum Gasteiger partial charge on any atom is 0.228 e. The fourth-order valence-corrected chi connectivity index (χ4v) is 4.87. The summed E-state index contributed by atoms with van der Waals surface area (Å²) in [4.78, 5) is 14.2. The molecule has 0 radical (unpaired) electrons. The molecule has 1 aliphatic heterocycles. The first kappa shape index (κ1) is 12.2. The van der Waals surface area contributed by atoms with Gasteiger partial charge in [0.1, 0.15) is 0 Å². The van der Waals surface area contributed by atoms with Gasteiger partial charge in [-0.2, -0.15) is 0 Å². The largest absolute Gasteiger partial charge is 0.284 e. The molecule has 0 bridgehead atoms.